The number of halogens is 1. The molecule has 156 valence electrons. The lowest BCUT2D eigenvalue weighted by Gasteiger charge is -2.21. The van der Waals surface area contributed by atoms with Crippen molar-refractivity contribution in [1.82, 2.24) is 4.98 Å². The highest BCUT2D eigenvalue weighted by atomic mass is 32.1. The first-order valence-electron chi connectivity index (χ1n) is 9.91. The molecule has 6 heteroatoms. The second kappa shape index (κ2) is 9.10. The molecule has 1 amide bonds. The molecule has 0 saturated carbocycles. The molecule has 0 spiro atoms. The summed E-state index contributed by atoms with van der Waals surface area (Å²) in [7, 11) is 0. The van der Waals surface area contributed by atoms with Crippen LogP contribution in [-0.2, 0) is 0 Å². The molecular weight excluding hydrogens is 409 g/mol. The molecule has 0 radical (unpaired) electrons. The van der Waals surface area contributed by atoms with Gasteiger partial charge in [0.05, 0.1) is 6.04 Å². The highest BCUT2D eigenvalue weighted by molar-refractivity contribution is 7.16. The zero-order valence-corrected chi connectivity index (χ0v) is 18.0. The Labute approximate surface area is 184 Å². The lowest BCUT2D eigenvalue weighted by molar-refractivity contribution is 0.102. The molecule has 0 aliphatic rings. The van der Waals surface area contributed by atoms with Crippen LogP contribution >= 0.6 is 11.3 Å². The molecule has 2 heterocycles. The first-order valence-corrected chi connectivity index (χ1v) is 10.7. The molecule has 0 fully saturated rings. The maximum absolute atomic E-state index is 14.8. The second-order valence-corrected chi connectivity index (χ2v) is 8.54. The summed E-state index contributed by atoms with van der Waals surface area (Å²) in [6.07, 6.45) is 1.72. The van der Waals surface area contributed by atoms with Gasteiger partial charge in [0, 0.05) is 27.8 Å². The maximum atomic E-state index is 14.8. The fourth-order valence-corrected chi connectivity index (χ4v) is 4.35. The number of thiophene rings is 1. The van der Waals surface area contributed by atoms with E-state index in [1.807, 2.05) is 50.2 Å². The third-order valence-electron chi connectivity index (χ3n) is 4.88. The quantitative estimate of drug-likeness (QED) is 0.374. The van der Waals surface area contributed by atoms with Crippen molar-refractivity contribution in [3.8, 4) is 0 Å². The Bertz CT molecular complexity index is 1210. The van der Waals surface area contributed by atoms with Crippen LogP contribution in [0.15, 0.2) is 79.0 Å². The van der Waals surface area contributed by atoms with E-state index < -0.39 is 6.04 Å². The molecule has 2 aromatic carbocycles. The Morgan fingerprint density at radius 2 is 1.71 bits per heavy atom. The van der Waals surface area contributed by atoms with Gasteiger partial charge in [-0.3, -0.25) is 4.79 Å². The minimum absolute atomic E-state index is 0.204. The summed E-state index contributed by atoms with van der Waals surface area (Å²) in [6, 6.07) is 21.0. The highest BCUT2D eigenvalue weighted by Gasteiger charge is 2.24. The molecular formula is C25H22FN3OS. The predicted octanol–water partition coefficient (Wildman–Crippen LogP) is 6.35. The zero-order valence-electron chi connectivity index (χ0n) is 17.2. The fourth-order valence-electron chi connectivity index (χ4n) is 3.41. The molecule has 4 rings (SSSR count). The summed E-state index contributed by atoms with van der Waals surface area (Å²) in [4.78, 5) is 18.2. The van der Waals surface area contributed by atoms with E-state index in [1.165, 1.54) is 17.4 Å². The van der Waals surface area contributed by atoms with E-state index in [0.717, 1.165) is 16.0 Å². The normalized spacial score (nSPS) is 11.7. The first-order chi connectivity index (χ1) is 15.0. The van der Waals surface area contributed by atoms with E-state index in [2.05, 4.69) is 15.6 Å². The van der Waals surface area contributed by atoms with Crippen molar-refractivity contribution in [2.45, 2.75) is 19.9 Å². The van der Waals surface area contributed by atoms with Crippen molar-refractivity contribution >= 4 is 28.1 Å². The molecule has 1 atom stereocenters. The van der Waals surface area contributed by atoms with Gasteiger partial charge in [-0.2, -0.15) is 0 Å². The molecule has 2 aromatic heterocycles. The largest absolute Gasteiger partial charge is 0.359 e. The number of carbonyl (C=O) groups excluding carboxylic acids is 1. The van der Waals surface area contributed by atoms with Gasteiger partial charge in [-0.15, -0.1) is 11.3 Å². The van der Waals surface area contributed by atoms with Gasteiger partial charge in [-0.1, -0.05) is 36.4 Å². The SMILES string of the molecule is Cc1ccnc(NC(c2ccccc2F)c2cc(C)sc2NC(=O)c2ccccc2)c1. The van der Waals surface area contributed by atoms with Crippen molar-refractivity contribution in [3.63, 3.8) is 0 Å². The van der Waals surface area contributed by atoms with Gasteiger partial charge in [-0.05, 0) is 55.8 Å². The van der Waals surface area contributed by atoms with Crippen LogP contribution < -0.4 is 10.6 Å². The number of hydrogen-bond acceptors (Lipinski definition) is 4. The average molecular weight is 432 g/mol. The van der Waals surface area contributed by atoms with Crippen LogP contribution in [0.2, 0.25) is 0 Å². The number of anilines is 2. The van der Waals surface area contributed by atoms with E-state index in [0.29, 0.717) is 21.9 Å². The van der Waals surface area contributed by atoms with Gasteiger partial charge in [-0.25, -0.2) is 9.37 Å². The standard InChI is InChI=1S/C25H22FN3OS/c1-16-12-13-27-22(14-16)28-23(19-10-6-7-11-21(19)26)20-15-17(2)31-25(20)29-24(30)18-8-4-3-5-9-18/h3-15,23H,1-2H3,(H,27,28)(H,29,30). The van der Waals surface area contributed by atoms with Crippen molar-refractivity contribution in [2.75, 3.05) is 10.6 Å². The number of nitrogens with one attached hydrogen (secondary N) is 2. The van der Waals surface area contributed by atoms with Crippen molar-refractivity contribution in [2.24, 2.45) is 0 Å². The summed E-state index contributed by atoms with van der Waals surface area (Å²) in [6.45, 7) is 3.95. The Balaban J connectivity index is 1.75. The number of amides is 1. The molecule has 0 saturated heterocycles. The predicted molar refractivity (Wildman–Crippen MR) is 124 cm³/mol. The fraction of sp³-hybridized carbons (Fsp3) is 0.120. The zero-order chi connectivity index (χ0) is 21.8. The van der Waals surface area contributed by atoms with E-state index in [9.17, 15) is 9.18 Å². The number of pyridine rings is 1. The minimum atomic E-state index is -0.522. The number of carbonyl (C=O) groups is 1. The van der Waals surface area contributed by atoms with Gasteiger partial charge in [0.15, 0.2) is 0 Å². The average Bonchev–Trinajstić information content (AvgIpc) is 3.13. The number of benzene rings is 2. The number of aromatic nitrogens is 1. The van der Waals surface area contributed by atoms with Crippen LogP contribution in [-0.4, -0.2) is 10.9 Å². The Hall–Kier alpha value is -3.51. The van der Waals surface area contributed by atoms with E-state index in [4.69, 9.17) is 0 Å². The lowest BCUT2D eigenvalue weighted by Crippen LogP contribution is -2.18. The number of nitrogens with zero attached hydrogens (tertiary/aromatic N) is 1. The summed E-state index contributed by atoms with van der Waals surface area (Å²) in [5.74, 6) is 0.110. The van der Waals surface area contributed by atoms with Crippen LogP contribution in [0.4, 0.5) is 15.2 Å². The molecule has 0 bridgehead atoms. The summed E-state index contributed by atoms with van der Waals surface area (Å²) < 4.78 is 14.8. The topological polar surface area (TPSA) is 54.0 Å². The Morgan fingerprint density at radius 1 is 0.968 bits per heavy atom. The number of rotatable bonds is 6. The van der Waals surface area contributed by atoms with Gasteiger partial charge >= 0.3 is 0 Å². The Morgan fingerprint density at radius 3 is 2.45 bits per heavy atom. The maximum Gasteiger partial charge on any atom is 0.256 e. The molecule has 4 nitrogen and oxygen atoms in total. The van der Waals surface area contributed by atoms with Gasteiger partial charge < -0.3 is 10.6 Å². The lowest BCUT2D eigenvalue weighted by atomic mass is 9.99. The third kappa shape index (κ3) is 4.81. The molecule has 31 heavy (non-hydrogen) atoms. The molecule has 1 unspecified atom stereocenters. The van der Waals surface area contributed by atoms with Crippen LogP contribution in [0.5, 0.6) is 0 Å². The molecule has 0 aliphatic heterocycles. The van der Waals surface area contributed by atoms with E-state index in [1.54, 1.807) is 36.5 Å². The van der Waals surface area contributed by atoms with Crippen molar-refractivity contribution in [1.29, 1.82) is 0 Å². The minimum Gasteiger partial charge on any atom is -0.359 e. The van der Waals surface area contributed by atoms with Gasteiger partial charge in [0.1, 0.15) is 16.6 Å². The first kappa shape index (κ1) is 20.8. The molecule has 2 N–H and O–H groups in total. The molecule has 0 aliphatic carbocycles. The smallest absolute Gasteiger partial charge is 0.256 e. The van der Waals surface area contributed by atoms with Crippen LogP contribution in [0, 0.1) is 19.7 Å². The Kier molecular flexibility index (Phi) is 6.09. The van der Waals surface area contributed by atoms with Gasteiger partial charge in [0.25, 0.3) is 5.91 Å². The van der Waals surface area contributed by atoms with Crippen LogP contribution in [0.25, 0.3) is 0 Å². The van der Waals surface area contributed by atoms with Crippen molar-refractivity contribution in [3.05, 3.63) is 112 Å². The number of aryl methyl sites for hydroxylation is 2. The summed E-state index contributed by atoms with van der Waals surface area (Å²) in [5, 5.41) is 7.06. The van der Waals surface area contributed by atoms with E-state index >= 15 is 0 Å². The second-order valence-electron chi connectivity index (χ2n) is 7.28. The highest BCUT2D eigenvalue weighted by Crippen LogP contribution is 2.38. The van der Waals surface area contributed by atoms with Crippen LogP contribution in [0.3, 0.4) is 0 Å². The monoisotopic (exact) mass is 431 g/mol. The summed E-state index contributed by atoms with van der Waals surface area (Å²) in [5.41, 5.74) is 2.89. The van der Waals surface area contributed by atoms with Crippen LogP contribution in [0.1, 0.15) is 38.0 Å². The summed E-state index contributed by atoms with van der Waals surface area (Å²) >= 11 is 1.47. The number of hydrogen-bond donors (Lipinski definition) is 2. The van der Waals surface area contributed by atoms with E-state index in [-0.39, 0.29) is 11.7 Å². The van der Waals surface area contributed by atoms with Gasteiger partial charge in [0.2, 0.25) is 0 Å². The van der Waals surface area contributed by atoms with Crippen molar-refractivity contribution < 1.29 is 9.18 Å². The molecule has 4 aromatic rings. The third-order valence-corrected chi connectivity index (χ3v) is 5.86.